The van der Waals surface area contributed by atoms with Gasteiger partial charge >= 0.3 is 0 Å². The number of fused-ring (bicyclic) bond motifs is 12. The van der Waals surface area contributed by atoms with Crippen LogP contribution in [0.25, 0.3) is 64.6 Å². The van der Waals surface area contributed by atoms with E-state index < -0.39 is 0 Å². The minimum absolute atomic E-state index is 1.31. The molecule has 0 unspecified atom stereocenters. The van der Waals surface area contributed by atoms with E-state index in [1.165, 1.54) is 86.9 Å². The van der Waals surface area contributed by atoms with E-state index in [2.05, 4.69) is 149 Å². The van der Waals surface area contributed by atoms with Gasteiger partial charge in [0.1, 0.15) is 0 Å². The molecule has 192 valence electrons. The minimum atomic E-state index is 1.31. The summed E-state index contributed by atoms with van der Waals surface area (Å²) in [4.78, 5) is 0. The molecule has 0 atom stereocenters. The lowest BCUT2D eigenvalue weighted by atomic mass is 9.90. The highest BCUT2D eigenvalue weighted by Crippen LogP contribution is 2.38. The SMILES string of the molecule is Cc1ccc(C)c2c3ccccc3c3ccccc3c12.Cc1ccc2c3ccc(C)cc3c3ccccc3c2c1. The van der Waals surface area contributed by atoms with E-state index in [-0.39, 0.29) is 0 Å². The van der Waals surface area contributed by atoms with Crippen LogP contribution in [0.15, 0.2) is 121 Å². The highest BCUT2D eigenvalue weighted by atomic mass is 14.1. The zero-order chi connectivity index (χ0) is 27.4. The molecule has 8 aromatic carbocycles. The van der Waals surface area contributed by atoms with Crippen molar-refractivity contribution in [3.8, 4) is 0 Å². The number of hydrogen-bond donors (Lipinski definition) is 0. The average molecular weight is 513 g/mol. The summed E-state index contributed by atoms with van der Waals surface area (Å²) in [5.74, 6) is 0. The first-order chi connectivity index (χ1) is 19.5. The average Bonchev–Trinajstić information content (AvgIpc) is 2.99. The first-order valence-electron chi connectivity index (χ1n) is 14.1. The fourth-order valence-corrected chi connectivity index (χ4v) is 6.56. The van der Waals surface area contributed by atoms with Crippen LogP contribution < -0.4 is 0 Å². The van der Waals surface area contributed by atoms with E-state index >= 15 is 0 Å². The fourth-order valence-electron chi connectivity index (χ4n) is 6.56. The Balaban J connectivity index is 0.000000132. The molecule has 0 spiro atoms. The zero-order valence-corrected chi connectivity index (χ0v) is 23.5. The Kier molecular flexibility index (Phi) is 5.79. The summed E-state index contributed by atoms with van der Waals surface area (Å²) in [5.41, 5.74) is 5.34. The third-order valence-corrected chi connectivity index (χ3v) is 8.45. The monoisotopic (exact) mass is 512 g/mol. The molecule has 0 aliphatic rings. The summed E-state index contributed by atoms with van der Waals surface area (Å²) in [6.45, 7) is 8.74. The molecule has 0 amide bonds. The molecular weight excluding hydrogens is 480 g/mol. The van der Waals surface area contributed by atoms with Crippen molar-refractivity contribution in [2.45, 2.75) is 27.7 Å². The molecule has 8 aromatic rings. The molecule has 0 aromatic heterocycles. The van der Waals surface area contributed by atoms with Crippen LogP contribution in [-0.2, 0) is 0 Å². The molecule has 8 rings (SSSR count). The van der Waals surface area contributed by atoms with E-state index in [0.717, 1.165) is 0 Å². The maximum atomic E-state index is 2.30. The quantitative estimate of drug-likeness (QED) is 0.177. The maximum Gasteiger partial charge on any atom is -0.00670 e. The van der Waals surface area contributed by atoms with Gasteiger partial charge in [0.2, 0.25) is 0 Å². The standard InChI is InChI=1S/2C20H16/c1-13-11-12-14(2)20-18-10-6-4-8-16(18)15-7-3-5-9-17(15)19(13)20;1-13-7-9-17-18-10-8-14(2)12-20(18)16-6-4-3-5-15(16)19(17)11-13/h2*3-12H,1-2H3. The van der Waals surface area contributed by atoms with Crippen LogP contribution in [-0.4, -0.2) is 0 Å². The Morgan fingerprint density at radius 2 is 0.575 bits per heavy atom. The molecule has 0 aliphatic heterocycles. The van der Waals surface area contributed by atoms with Crippen LogP contribution in [0.5, 0.6) is 0 Å². The Morgan fingerprint density at radius 3 is 0.950 bits per heavy atom. The van der Waals surface area contributed by atoms with E-state index in [0.29, 0.717) is 0 Å². The number of aryl methyl sites for hydroxylation is 4. The molecule has 0 N–H and O–H groups in total. The van der Waals surface area contributed by atoms with Gasteiger partial charge in [0.05, 0.1) is 0 Å². The van der Waals surface area contributed by atoms with Gasteiger partial charge in [0.15, 0.2) is 0 Å². The van der Waals surface area contributed by atoms with E-state index in [1.807, 2.05) is 0 Å². The summed E-state index contributed by atoms with van der Waals surface area (Å²) < 4.78 is 0. The molecule has 0 saturated carbocycles. The van der Waals surface area contributed by atoms with Gasteiger partial charge in [0, 0.05) is 0 Å². The Bertz CT molecular complexity index is 2050. The molecular formula is C40H32. The highest BCUT2D eigenvalue weighted by molar-refractivity contribution is 6.27. The summed E-state index contributed by atoms with van der Waals surface area (Å²) >= 11 is 0. The molecule has 40 heavy (non-hydrogen) atoms. The van der Waals surface area contributed by atoms with E-state index in [1.54, 1.807) is 0 Å². The van der Waals surface area contributed by atoms with Gasteiger partial charge < -0.3 is 0 Å². The maximum absolute atomic E-state index is 2.30. The van der Waals surface area contributed by atoms with Crippen LogP contribution in [0.4, 0.5) is 0 Å². The summed E-state index contributed by atoms with van der Waals surface area (Å²) in [7, 11) is 0. The molecule has 0 heteroatoms. The molecule has 0 saturated heterocycles. The van der Waals surface area contributed by atoms with Crippen molar-refractivity contribution in [2.75, 3.05) is 0 Å². The molecule has 0 heterocycles. The lowest BCUT2D eigenvalue weighted by Crippen LogP contribution is -1.88. The predicted octanol–water partition coefficient (Wildman–Crippen LogP) is 11.5. The third-order valence-electron chi connectivity index (χ3n) is 8.45. The van der Waals surface area contributed by atoms with Crippen LogP contribution in [0.2, 0.25) is 0 Å². The Hall–Kier alpha value is -4.68. The van der Waals surface area contributed by atoms with Gasteiger partial charge in [-0.3, -0.25) is 0 Å². The summed E-state index contributed by atoms with van der Waals surface area (Å²) in [6, 6.07) is 44.2. The first-order valence-corrected chi connectivity index (χ1v) is 14.1. The molecule has 0 radical (unpaired) electrons. The van der Waals surface area contributed by atoms with Crippen molar-refractivity contribution >= 4 is 64.6 Å². The van der Waals surface area contributed by atoms with Crippen LogP contribution >= 0.6 is 0 Å². The number of benzene rings is 8. The minimum Gasteiger partial charge on any atom is -0.0616 e. The molecule has 0 aliphatic carbocycles. The Morgan fingerprint density at radius 1 is 0.275 bits per heavy atom. The van der Waals surface area contributed by atoms with E-state index in [4.69, 9.17) is 0 Å². The van der Waals surface area contributed by atoms with Crippen molar-refractivity contribution in [3.63, 3.8) is 0 Å². The van der Waals surface area contributed by atoms with Crippen molar-refractivity contribution < 1.29 is 0 Å². The fraction of sp³-hybridized carbons (Fsp3) is 0.100. The number of hydrogen-bond acceptors (Lipinski definition) is 0. The predicted molar refractivity (Wildman–Crippen MR) is 177 cm³/mol. The van der Waals surface area contributed by atoms with Crippen molar-refractivity contribution in [1.82, 2.24) is 0 Å². The lowest BCUT2D eigenvalue weighted by molar-refractivity contribution is 1.48. The van der Waals surface area contributed by atoms with Crippen molar-refractivity contribution in [2.24, 2.45) is 0 Å². The van der Waals surface area contributed by atoms with Crippen LogP contribution in [0.1, 0.15) is 22.3 Å². The highest BCUT2D eigenvalue weighted by Gasteiger charge is 2.11. The zero-order valence-electron chi connectivity index (χ0n) is 23.5. The summed E-state index contributed by atoms with van der Waals surface area (Å²) in [6.07, 6.45) is 0. The largest absolute Gasteiger partial charge is 0.0616 e. The first kappa shape index (κ1) is 24.4. The van der Waals surface area contributed by atoms with E-state index in [9.17, 15) is 0 Å². The molecule has 0 fully saturated rings. The van der Waals surface area contributed by atoms with Gasteiger partial charge in [-0.15, -0.1) is 0 Å². The smallest absolute Gasteiger partial charge is 0.00670 e. The van der Waals surface area contributed by atoms with Crippen molar-refractivity contribution in [1.29, 1.82) is 0 Å². The second kappa shape index (κ2) is 9.50. The molecule has 0 nitrogen and oxygen atoms in total. The van der Waals surface area contributed by atoms with Crippen LogP contribution in [0.3, 0.4) is 0 Å². The number of rotatable bonds is 0. The van der Waals surface area contributed by atoms with Gasteiger partial charge in [-0.1, -0.05) is 132 Å². The van der Waals surface area contributed by atoms with Crippen molar-refractivity contribution in [3.05, 3.63) is 144 Å². The van der Waals surface area contributed by atoms with Gasteiger partial charge in [-0.2, -0.15) is 0 Å². The van der Waals surface area contributed by atoms with Gasteiger partial charge in [-0.25, -0.2) is 0 Å². The summed E-state index contributed by atoms with van der Waals surface area (Å²) in [5, 5.41) is 16.4. The van der Waals surface area contributed by atoms with Gasteiger partial charge in [-0.05, 0) is 103 Å². The van der Waals surface area contributed by atoms with Gasteiger partial charge in [0.25, 0.3) is 0 Å². The normalized spacial score (nSPS) is 11.5. The Labute approximate surface area is 235 Å². The lowest BCUT2D eigenvalue weighted by Gasteiger charge is -2.14. The second-order valence-corrected chi connectivity index (χ2v) is 11.2. The topological polar surface area (TPSA) is 0 Å². The molecule has 0 bridgehead atoms. The third kappa shape index (κ3) is 3.83. The second-order valence-electron chi connectivity index (χ2n) is 11.2. The van der Waals surface area contributed by atoms with Crippen LogP contribution in [0, 0.1) is 27.7 Å².